The third kappa shape index (κ3) is 3.69. The van der Waals surface area contributed by atoms with Crippen molar-refractivity contribution < 1.29 is 9.50 Å². The van der Waals surface area contributed by atoms with Crippen molar-refractivity contribution in [2.24, 2.45) is 0 Å². The maximum absolute atomic E-state index is 14.0. The summed E-state index contributed by atoms with van der Waals surface area (Å²) in [5, 5.41) is 12.2. The summed E-state index contributed by atoms with van der Waals surface area (Å²) in [5.74, 6) is -0.138. The van der Waals surface area contributed by atoms with Crippen LogP contribution in [0, 0.1) is 5.82 Å². The quantitative estimate of drug-likeness (QED) is 0.817. The first-order chi connectivity index (χ1) is 9.76. The first-order valence-corrected chi connectivity index (χ1v) is 7.32. The van der Waals surface area contributed by atoms with Gasteiger partial charge >= 0.3 is 0 Å². The Hall–Kier alpha value is -1.17. The zero-order valence-corrected chi connectivity index (χ0v) is 12.1. The SMILES string of the molecule is CCNCc1c(F)cccc1N1CCN(CCO)CC1. The van der Waals surface area contributed by atoms with Gasteiger partial charge in [0.15, 0.2) is 0 Å². The van der Waals surface area contributed by atoms with Crippen molar-refractivity contribution in [1.29, 1.82) is 0 Å². The molecule has 1 saturated heterocycles. The number of nitrogens with one attached hydrogen (secondary N) is 1. The Morgan fingerprint density at radius 3 is 2.65 bits per heavy atom. The van der Waals surface area contributed by atoms with Gasteiger partial charge in [-0.3, -0.25) is 4.90 Å². The van der Waals surface area contributed by atoms with E-state index in [4.69, 9.17) is 5.11 Å². The largest absolute Gasteiger partial charge is 0.395 e. The van der Waals surface area contributed by atoms with E-state index in [0.717, 1.165) is 50.5 Å². The Morgan fingerprint density at radius 2 is 2.00 bits per heavy atom. The van der Waals surface area contributed by atoms with E-state index in [1.165, 1.54) is 6.07 Å². The molecule has 0 spiro atoms. The van der Waals surface area contributed by atoms with E-state index >= 15 is 0 Å². The molecule has 4 nitrogen and oxygen atoms in total. The zero-order valence-electron chi connectivity index (χ0n) is 12.1. The van der Waals surface area contributed by atoms with E-state index in [1.54, 1.807) is 6.07 Å². The zero-order chi connectivity index (χ0) is 14.4. The maximum atomic E-state index is 14.0. The molecule has 20 heavy (non-hydrogen) atoms. The van der Waals surface area contributed by atoms with Crippen LogP contribution in [0.1, 0.15) is 12.5 Å². The highest BCUT2D eigenvalue weighted by molar-refractivity contribution is 5.54. The Labute approximate surface area is 120 Å². The Kier molecular flexibility index (Phi) is 5.76. The van der Waals surface area contributed by atoms with Gasteiger partial charge in [-0.05, 0) is 18.7 Å². The van der Waals surface area contributed by atoms with Crippen LogP contribution in [0.5, 0.6) is 0 Å². The fraction of sp³-hybridized carbons (Fsp3) is 0.600. The summed E-state index contributed by atoms with van der Waals surface area (Å²) in [6.45, 7) is 7.93. The lowest BCUT2D eigenvalue weighted by Crippen LogP contribution is -2.47. The van der Waals surface area contributed by atoms with Gasteiger partial charge in [0.05, 0.1) is 6.61 Å². The summed E-state index contributed by atoms with van der Waals surface area (Å²) in [5.41, 5.74) is 1.75. The number of hydrogen-bond acceptors (Lipinski definition) is 4. The lowest BCUT2D eigenvalue weighted by atomic mass is 10.1. The molecule has 0 bridgehead atoms. The van der Waals surface area contributed by atoms with Gasteiger partial charge in [-0.25, -0.2) is 4.39 Å². The number of nitrogens with zero attached hydrogens (tertiary/aromatic N) is 2. The molecule has 0 atom stereocenters. The Morgan fingerprint density at radius 1 is 1.25 bits per heavy atom. The maximum Gasteiger partial charge on any atom is 0.129 e. The molecular weight excluding hydrogens is 257 g/mol. The average Bonchev–Trinajstić information content (AvgIpc) is 2.47. The van der Waals surface area contributed by atoms with Crippen LogP contribution in [-0.4, -0.2) is 55.9 Å². The summed E-state index contributed by atoms with van der Waals surface area (Å²) in [6, 6.07) is 5.30. The molecule has 112 valence electrons. The second-order valence-electron chi connectivity index (χ2n) is 5.07. The number of β-amino-alcohol motifs (C(OH)–C–C–N with tert-alkyl or cyclic N) is 1. The first kappa shape index (κ1) is 15.2. The minimum absolute atomic E-state index is 0.138. The van der Waals surface area contributed by atoms with Crippen molar-refractivity contribution >= 4 is 5.69 Å². The highest BCUT2D eigenvalue weighted by Crippen LogP contribution is 2.24. The molecule has 2 N–H and O–H groups in total. The number of rotatable bonds is 6. The molecule has 0 radical (unpaired) electrons. The van der Waals surface area contributed by atoms with Gasteiger partial charge in [0.2, 0.25) is 0 Å². The molecule has 1 aliphatic heterocycles. The lowest BCUT2D eigenvalue weighted by Gasteiger charge is -2.36. The molecule has 1 aromatic carbocycles. The van der Waals surface area contributed by atoms with Crippen molar-refractivity contribution in [1.82, 2.24) is 10.2 Å². The molecule has 1 aliphatic rings. The Bertz CT molecular complexity index is 420. The lowest BCUT2D eigenvalue weighted by molar-refractivity contribution is 0.188. The summed E-state index contributed by atoms with van der Waals surface area (Å²) in [4.78, 5) is 4.48. The van der Waals surface area contributed by atoms with E-state index in [9.17, 15) is 4.39 Å². The van der Waals surface area contributed by atoms with Gasteiger partial charge in [-0.2, -0.15) is 0 Å². The summed E-state index contributed by atoms with van der Waals surface area (Å²) in [7, 11) is 0. The highest BCUT2D eigenvalue weighted by atomic mass is 19.1. The number of aliphatic hydroxyl groups is 1. The number of anilines is 1. The van der Waals surface area contributed by atoms with Crippen LogP contribution in [0.4, 0.5) is 10.1 Å². The molecule has 5 heteroatoms. The fourth-order valence-corrected chi connectivity index (χ4v) is 2.62. The predicted octanol–water partition coefficient (Wildman–Crippen LogP) is 1.05. The molecule has 0 saturated carbocycles. The fourth-order valence-electron chi connectivity index (χ4n) is 2.62. The van der Waals surface area contributed by atoms with Crippen LogP contribution in [0.15, 0.2) is 18.2 Å². The van der Waals surface area contributed by atoms with Gasteiger partial charge in [0, 0.05) is 50.5 Å². The molecule has 0 amide bonds. The van der Waals surface area contributed by atoms with E-state index in [2.05, 4.69) is 15.1 Å². The number of hydrogen-bond donors (Lipinski definition) is 2. The second-order valence-corrected chi connectivity index (χ2v) is 5.07. The smallest absolute Gasteiger partial charge is 0.129 e. The topological polar surface area (TPSA) is 38.7 Å². The van der Waals surface area contributed by atoms with Crippen LogP contribution in [-0.2, 0) is 6.54 Å². The van der Waals surface area contributed by atoms with Crippen molar-refractivity contribution in [2.45, 2.75) is 13.5 Å². The van der Waals surface area contributed by atoms with Crippen LogP contribution in [0.3, 0.4) is 0 Å². The van der Waals surface area contributed by atoms with Crippen LogP contribution >= 0.6 is 0 Å². The van der Waals surface area contributed by atoms with Crippen molar-refractivity contribution in [3.05, 3.63) is 29.6 Å². The van der Waals surface area contributed by atoms with Crippen LogP contribution < -0.4 is 10.2 Å². The Balaban J connectivity index is 2.07. The summed E-state index contributed by atoms with van der Waals surface area (Å²) < 4.78 is 14.0. The van der Waals surface area contributed by atoms with E-state index in [1.807, 2.05) is 13.0 Å². The standard InChI is InChI=1S/C15H24FN3O/c1-2-17-12-13-14(16)4-3-5-15(13)19-8-6-18(7-9-19)10-11-20/h3-5,17,20H,2,6-12H2,1H3. The predicted molar refractivity (Wildman–Crippen MR) is 79.5 cm³/mol. The van der Waals surface area contributed by atoms with Gasteiger partial charge < -0.3 is 15.3 Å². The van der Waals surface area contributed by atoms with Crippen LogP contribution in [0.2, 0.25) is 0 Å². The summed E-state index contributed by atoms with van der Waals surface area (Å²) in [6.07, 6.45) is 0. The summed E-state index contributed by atoms with van der Waals surface area (Å²) >= 11 is 0. The van der Waals surface area contributed by atoms with Crippen LogP contribution in [0.25, 0.3) is 0 Å². The van der Waals surface area contributed by atoms with Crippen molar-refractivity contribution in [2.75, 3.05) is 50.8 Å². The average molecular weight is 281 g/mol. The molecule has 1 fully saturated rings. The van der Waals surface area contributed by atoms with Gasteiger partial charge in [0.25, 0.3) is 0 Å². The third-order valence-corrected chi connectivity index (χ3v) is 3.78. The van der Waals surface area contributed by atoms with Gasteiger partial charge in [-0.15, -0.1) is 0 Å². The second kappa shape index (κ2) is 7.57. The molecule has 1 heterocycles. The molecule has 0 aromatic heterocycles. The number of halogens is 1. The minimum atomic E-state index is -0.138. The van der Waals surface area contributed by atoms with Gasteiger partial charge in [-0.1, -0.05) is 13.0 Å². The molecule has 0 unspecified atom stereocenters. The van der Waals surface area contributed by atoms with Crippen molar-refractivity contribution in [3.63, 3.8) is 0 Å². The molecular formula is C15H24FN3O. The first-order valence-electron chi connectivity index (χ1n) is 7.32. The van der Waals surface area contributed by atoms with E-state index in [0.29, 0.717) is 6.54 Å². The minimum Gasteiger partial charge on any atom is -0.395 e. The molecule has 1 aromatic rings. The van der Waals surface area contributed by atoms with E-state index in [-0.39, 0.29) is 12.4 Å². The third-order valence-electron chi connectivity index (χ3n) is 3.78. The molecule has 2 rings (SSSR count). The van der Waals surface area contributed by atoms with E-state index < -0.39 is 0 Å². The van der Waals surface area contributed by atoms with Crippen molar-refractivity contribution in [3.8, 4) is 0 Å². The number of benzene rings is 1. The number of aliphatic hydroxyl groups excluding tert-OH is 1. The van der Waals surface area contributed by atoms with Gasteiger partial charge in [0.1, 0.15) is 5.82 Å². The monoisotopic (exact) mass is 281 g/mol. The molecule has 0 aliphatic carbocycles. The normalized spacial score (nSPS) is 16.6. The highest BCUT2D eigenvalue weighted by Gasteiger charge is 2.20. The number of piperazine rings is 1.